The van der Waals surface area contributed by atoms with Gasteiger partial charge in [-0.05, 0) is 37.1 Å². The van der Waals surface area contributed by atoms with Gasteiger partial charge in [0, 0.05) is 24.0 Å². The van der Waals surface area contributed by atoms with Gasteiger partial charge in [0.15, 0.2) is 11.7 Å². The Morgan fingerprint density at radius 1 is 1.32 bits per heavy atom. The molecule has 0 atom stereocenters. The minimum Gasteiger partial charge on any atom is -0.492 e. The minimum absolute atomic E-state index is 0. The third kappa shape index (κ3) is 7.52. The molecule has 170 valence electrons. The van der Waals surface area contributed by atoms with Crippen molar-refractivity contribution in [3.05, 3.63) is 39.8 Å². The number of anilines is 1. The molecular weight excluding hydrogens is 546 g/mol. The molecule has 7 nitrogen and oxygen atoms in total. The molecule has 0 unspecified atom stereocenters. The molecular formula is C19H23F3IN5O2S. The van der Waals surface area contributed by atoms with Gasteiger partial charge >= 0.3 is 6.18 Å². The van der Waals surface area contributed by atoms with Gasteiger partial charge in [-0.2, -0.15) is 13.2 Å². The molecule has 3 rings (SSSR count). The van der Waals surface area contributed by atoms with Crippen LogP contribution in [-0.4, -0.2) is 36.5 Å². The second kappa shape index (κ2) is 11.5. The zero-order valence-corrected chi connectivity index (χ0v) is 19.9. The molecule has 0 saturated carbocycles. The van der Waals surface area contributed by atoms with Crippen molar-refractivity contribution < 1.29 is 22.7 Å². The molecule has 0 radical (unpaired) electrons. The predicted octanol–water partition coefficient (Wildman–Crippen LogP) is 3.80. The molecule has 12 heteroatoms. The molecule has 0 aliphatic carbocycles. The van der Waals surface area contributed by atoms with Crippen molar-refractivity contribution in [3.8, 4) is 5.75 Å². The van der Waals surface area contributed by atoms with Crippen molar-refractivity contribution >= 4 is 52.9 Å². The quantitative estimate of drug-likeness (QED) is 0.205. The first-order chi connectivity index (χ1) is 14.3. The third-order valence-corrected chi connectivity index (χ3v) is 5.03. The van der Waals surface area contributed by atoms with E-state index in [1.807, 2.05) is 19.1 Å². The van der Waals surface area contributed by atoms with Gasteiger partial charge in [0.2, 0.25) is 5.91 Å². The van der Waals surface area contributed by atoms with Crippen molar-refractivity contribution in [3.63, 3.8) is 0 Å². The zero-order chi connectivity index (χ0) is 21.6. The van der Waals surface area contributed by atoms with E-state index in [4.69, 9.17) is 4.74 Å². The van der Waals surface area contributed by atoms with Crippen molar-refractivity contribution in [2.75, 3.05) is 25.0 Å². The van der Waals surface area contributed by atoms with Crippen molar-refractivity contribution in [1.29, 1.82) is 0 Å². The largest absolute Gasteiger partial charge is 0.492 e. The van der Waals surface area contributed by atoms with Crippen LogP contribution < -0.4 is 20.7 Å². The first-order valence-corrected chi connectivity index (χ1v) is 10.3. The van der Waals surface area contributed by atoms with Crippen LogP contribution in [0.5, 0.6) is 5.75 Å². The summed E-state index contributed by atoms with van der Waals surface area (Å²) >= 11 is 0.929. The Morgan fingerprint density at radius 3 is 2.84 bits per heavy atom. The van der Waals surface area contributed by atoms with E-state index in [9.17, 15) is 18.0 Å². The molecule has 1 amide bonds. The Hall–Kier alpha value is -2.09. The molecule has 2 heterocycles. The fourth-order valence-corrected chi connectivity index (χ4v) is 3.51. The monoisotopic (exact) mass is 569 g/mol. The summed E-state index contributed by atoms with van der Waals surface area (Å²) in [6.45, 7) is 3.36. The SMILES string of the molecule is CCNC(=NCc1nc(C(F)(F)F)cs1)NCCOc1ccc2c(c1)CCC(=O)N2.I. The molecule has 0 spiro atoms. The van der Waals surface area contributed by atoms with E-state index in [0.29, 0.717) is 44.2 Å². The lowest BCUT2D eigenvalue weighted by Crippen LogP contribution is -2.39. The van der Waals surface area contributed by atoms with E-state index in [1.54, 1.807) is 6.07 Å². The number of carbonyl (C=O) groups excluding carboxylic acids is 1. The number of carbonyl (C=O) groups is 1. The maximum absolute atomic E-state index is 12.6. The summed E-state index contributed by atoms with van der Waals surface area (Å²) in [5.74, 6) is 1.19. The fraction of sp³-hybridized carbons (Fsp3) is 0.421. The molecule has 3 N–H and O–H groups in total. The maximum Gasteiger partial charge on any atom is 0.434 e. The number of ether oxygens (including phenoxy) is 1. The average Bonchev–Trinajstić information content (AvgIpc) is 3.19. The van der Waals surface area contributed by atoms with Crippen molar-refractivity contribution in [2.24, 2.45) is 4.99 Å². The van der Waals surface area contributed by atoms with Gasteiger partial charge < -0.3 is 20.7 Å². The average molecular weight is 569 g/mol. The number of halogens is 4. The number of rotatable bonds is 7. The Balaban J connectivity index is 0.00000341. The maximum atomic E-state index is 12.6. The van der Waals surface area contributed by atoms with E-state index in [0.717, 1.165) is 28.0 Å². The highest BCUT2D eigenvalue weighted by Crippen LogP contribution is 2.30. The number of aromatic nitrogens is 1. The van der Waals surface area contributed by atoms with E-state index in [-0.39, 0.29) is 41.4 Å². The van der Waals surface area contributed by atoms with Gasteiger partial charge in [-0.15, -0.1) is 35.3 Å². The smallest absolute Gasteiger partial charge is 0.434 e. The number of alkyl halides is 3. The number of fused-ring (bicyclic) bond motifs is 1. The van der Waals surface area contributed by atoms with E-state index in [1.165, 1.54) is 0 Å². The molecule has 1 aliphatic heterocycles. The zero-order valence-electron chi connectivity index (χ0n) is 16.7. The molecule has 1 aromatic heterocycles. The van der Waals surface area contributed by atoms with Crippen LogP contribution in [0.3, 0.4) is 0 Å². The summed E-state index contributed by atoms with van der Waals surface area (Å²) in [6.07, 6.45) is -3.30. The van der Waals surface area contributed by atoms with Crippen LogP contribution in [0.1, 0.15) is 29.6 Å². The lowest BCUT2D eigenvalue weighted by molar-refractivity contribution is -0.140. The van der Waals surface area contributed by atoms with Crippen LogP contribution in [0, 0.1) is 0 Å². The third-order valence-electron chi connectivity index (χ3n) is 4.19. The van der Waals surface area contributed by atoms with Crippen LogP contribution in [0.4, 0.5) is 18.9 Å². The number of hydrogen-bond acceptors (Lipinski definition) is 5. The standard InChI is InChI=1S/C19H22F3N5O2S.HI/c1-2-23-18(25-10-17-27-15(11-30-17)19(20,21)22)24-7-8-29-13-4-5-14-12(9-13)3-6-16(28)26-14;/h4-5,9,11H,2-3,6-8,10H2,1H3,(H,26,28)(H2,23,24,25);1H. The highest BCUT2D eigenvalue weighted by Gasteiger charge is 2.33. The number of nitrogens with one attached hydrogen (secondary N) is 3. The molecule has 31 heavy (non-hydrogen) atoms. The highest BCUT2D eigenvalue weighted by atomic mass is 127. The number of aliphatic imine (C=N–C) groups is 1. The van der Waals surface area contributed by atoms with Gasteiger partial charge in [-0.1, -0.05) is 0 Å². The van der Waals surface area contributed by atoms with Crippen LogP contribution in [-0.2, 0) is 23.9 Å². The first kappa shape index (κ1) is 25.2. The Kier molecular flexibility index (Phi) is 9.34. The van der Waals surface area contributed by atoms with Gasteiger partial charge in [0.1, 0.15) is 17.4 Å². The van der Waals surface area contributed by atoms with Crippen LogP contribution in [0.2, 0.25) is 0 Å². The number of amides is 1. The number of aryl methyl sites for hydroxylation is 1. The Labute approximate surface area is 198 Å². The second-order valence-electron chi connectivity index (χ2n) is 6.46. The van der Waals surface area contributed by atoms with Crippen LogP contribution in [0.25, 0.3) is 0 Å². The fourth-order valence-electron chi connectivity index (χ4n) is 2.79. The molecule has 0 fully saturated rings. The molecule has 1 aromatic carbocycles. The molecule has 1 aliphatic rings. The Morgan fingerprint density at radius 2 is 2.13 bits per heavy atom. The van der Waals surface area contributed by atoms with Crippen LogP contribution >= 0.6 is 35.3 Å². The van der Waals surface area contributed by atoms with E-state index in [2.05, 4.69) is 25.9 Å². The Bertz CT molecular complexity index is 920. The number of benzene rings is 1. The summed E-state index contributed by atoms with van der Waals surface area (Å²) in [5, 5.41) is 10.2. The lowest BCUT2D eigenvalue weighted by atomic mass is 10.0. The summed E-state index contributed by atoms with van der Waals surface area (Å²) in [4.78, 5) is 19.2. The van der Waals surface area contributed by atoms with Gasteiger partial charge in [0.25, 0.3) is 0 Å². The summed E-state index contributed by atoms with van der Waals surface area (Å²) in [5.41, 5.74) is 0.958. The number of guanidine groups is 1. The second-order valence-corrected chi connectivity index (χ2v) is 7.40. The van der Waals surface area contributed by atoms with Gasteiger partial charge in [-0.3, -0.25) is 4.79 Å². The molecule has 2 aromatic rings. The number of thiazole rings is 1. The summed E-state index contributed by atoms with van der Waals surface area (Å²) < 4.78 is 43.6. The van der Waals surface area contributed by atoms with Gasteiger partial charge in [0.05, 0.1) is 13.1 Å². The number of hydrogen-bond donors (Lipinski definition) is 3. The first-order valence-electron chi connectivity index (χ1n) is 9.44. The van der Waals surface area contributed by atoms with Crippen LogP contribution in [0.15, 0.2) is 28.6 Å². The van der Waals surface area contributed by atoms with E-state index >= 15 is 0 Å². The number of nitrogens with zero attached hydrogens (tertiary/aromatic N) is 2. The summed E-state index contributed by atoms with van der Waals surface area (Å²) in [7, 11) is 0. The van der Waals surface area contributed by atoms with Crippen molar-refractivity contribution in [2.45, 2.75) is 32.5 Å². The van der Waals surface area contributed by atoms with Crippen molar-refractivity contribution in [1.82, 2.24) is 15.6 Å². The lowest BCUT2D eigenvalue weighted by Gasteiger charge is -2.18. The minimum atomic E-state index is -4.44. The summed E-state index contributed by atoms with van der Waals surface area (Å²) in [6, 6.07) is 5.53. The highest BCUT2D eigenvalue weighted by molar-refractivity contribution is 14.0. The predicted molar refractivity (Wildman–Crippen MR) is 124 cm³/mol. The van der Waals surface area contributed by atoms with Gasteiger partial charge in [-0.25, -0.2) is 9.98 Å². The van der Waals surface area contributed by atoms with E-state index < -0.39 is 11.9 Å². The normalized spacial score (nSPS) is 13.7. The topological polar surface area (TPSA) is 87.6 Å². The molecule has 0 bridgehead atoms. The molecule has 0 saturated heterocycles.